The lowest BCUT2D eigenvalue weighted by atomic mass is 10.3. The van der Waals surface area contributed by atoms with Crippen LogP contribution in [0.25, 0.3) is 11.0 Å². The molecule has 1 aromatic carbocycles. The molecular formula is C12H11FIN5O. The van der Waals surface area contributed by atoms with Crippen molar-refractivity contribution in [2.75, 3.05) is 5.73 Å². The zero-order valence-corrected chi connectivity index (χ0v) is 12.8. The minimum atomic E-state index is -0.283. The van der Waals surface area contributed by atoms with Gasteiger partial charge in [-0.1, -0.05) is 5.16 Å². The highest BCUT2D eigenvalue weighted by atomic mass is 127. The van der Waals surface area contributed by atoms with E-state index in [9.17, 15) is 4.39 Å². The lowest BCUT2D eigenvalue weighted by Gasteiger charge is -2.04. The quantitative estimate of drug-likeness (QED) is 0.698. The lowest BCUT2D eigenvalue weighted by Crippen LogP contribution is -2.06. The Morgan fingerprint density at radius 1 is 1.40 bits per heavy atom. The Bertz CT molecular complexity index is 782. The minimum Gasteiger partial charge on any atom is -0.369 e. The Balaban J connectivity index is 1.94. The summed E-state index contributed by atoms with van der Waals surface area (Å²) in [7, 11) is 0. The van der Waals surface area contributed by atoms with Gasteiger partial charge in [0, 0.05) is 26.0 Å². The number of benzene rings is 1. The van der Waals surface area contributed by atoms with Gasteiger partial charge in [-0.05, 0) is 28.7 Å². The number of nitrogens with two attached hydrogens (primary N) is 1. The summed E-state index contributed by atoms with van der Waals surface area (Å²) in [5.74, 6) is 1.18. The van der Waals surface area contributed by atoms with Gasteiger partial charge in [-0.15, -0.1) is 0 Å². The van der Waals surface area contributed by atoms with Gasteiger partial charge in [0.15, 0.2) is 5.82 Å². The number of rotatable bonds is 3. The Kier molecular flexibility index (Phi) is 3.32. The molecule has 0 saturated carbocycles. The van der Waals surface area contributed by atoms with Crippen molar-refractivity contribution in [3.05, 3.63) is 33.2 Å². The zero-order chi connectivity index (χ0) is 14.3. The fraction of sp³-hybridized carbons (Fsp3) is 0.250. The maximum absolute atomic E-state index is 13.7. The molecule has 0 amide bonds. The smallest absolute Gasteiger partial charge is 0.223 e. The van der Waals surface area contributed by atoms with Crippen molar-refractivity contribution in [2.45, 2.75) is 19.9 Å². The first kappa shape index (κ1) is 13.3. The zero-order valence-electron chi connectivity index (χ0n) is 10.6. The van der Waals surface area contributed by atoms with Crippen LogP contribution in [0.1, 0.15) is 11.7 Å². The Labute approximate surface area is 127 Å². The molecule has 0 aliphatic carbocycles. The molecule has 0 aliphatic rings. The predicted octanol–water partition coefficient (Wildman–Crippen LogP) is 2.30. The number of aromatic nitrogens is 4. The second-order valence-electron chi connectivity index (χ2n) is 4.36. The van der Waals surface area contributed by atoms with Crippen molar-refractivity contribution in [2.24, 2.45) is 0 Å². The number of halogens is 2. The first-order valence-electron chi connectivity index (χ1n) is 5.94. The molecular weight excluding hydrogens is 376 g/mol. The summed E-state index contributed by atoms with van der Waals surface area (Å²) < 4.78 is 20.9. The number of nitrogen functional groups attached to an aromatic ring is 1. The number of nitrogens with zero attached hydrogens (tertiary/aromatic N) is 4. The van der Waals surface area contributed by atoms with E-state index < -0.39 is 0 Å². The van der Waals surface area contributed by atoms with Gasteiger partial charge in [-0.3, -0.25) is 0 Å². The Morgan fingerprint density at radius 2 is 2.20 bits per heavy atom. The summed E-state index contributed by atoms with van der Waals surface area (Å²) in [6, 6.07) is 3.12. The summed E-state index contributed by atoms with van der Waals surface area (Å²) in [5, 5.41) is 3.82. The predicted molar refractivity (Wildman–Crippen MR) is 79.6 cm³/mol. The molecule has 0 atom stereocenters. The molecule has 2 heterocycles. The highest BCUT2D eigenvalue weighted by molar-refractivity contribution is 14.1. The van der Waals surface area contributed by atoms with Crippen LogP contribution in [-0.4, -0.2) is 19.7 Å². The third kappa shape index (κ3) is 2.35. The molecule has 0 spiro atoms. The largest absolute Gasteiger partial charge is 0.369 e. The van der Waals surface area contributed by atoms with Gasteiger partial charge in [-0.25, -0.2) is 9.37 Å². The van der Waals surface area contributed by atoms with Crippen molar-refractivity contribution in [1.82, 2.24) is 19.7 Å². The van der Waals surface area contributed by atoms with E-state index in [-0.39, 0.29) is 5.82 Å². The molecule has 0 unspecified atom stereocenters. The number of fused-ring (bicyclic) bond motifs is 1. The highest BCUT2D eigenvalue weighted by Gasteiger charge is 2.12. The monoisotopic (exact) mass is 387 g/mol. The summed E-state index contributed by atoms with van der Waals surface area (Å²) in [5.41, 5.74) is 7.23. The van der Waals surface area contributed by atoms with Crippen molar-refractivity contribution in [3.8, 4) is 0 Å². The highest BCUT2D eigenvalue weighted by Crippen LogP contribution is 2.23. The average Bonchev–Trinajstić information content (AvgIpc) is 2.92. The molecule has 0 aliphatic heterocycles. The van der Waals surface area contributed by atoms with Crippen LogP contribution in [0.15, 0.2) is 16.7 Å². The SMILES string of the molecule is Cc1nc(CCn2c(N)nc3cc(I)c(F)cc32)no1. The van der Waals surface area contributed by atoms with Crippen LogP contribution in [0.3, 0.4) is 0 Å². The van der Waals surface area contributed by atoms with E-state index in [1.54, 1.807) is 17.6 Å². The second-order valence-corrected chi connectivity index (χ2v) is 5.52. The third-order valence-corrected chi connectivity index (χ3v) is 3.78. The van der Waals surface area contributed by atoms with Gasteiger partial charge in [0.1, 0.15) is 5.82 Å². The number of hydrogen-bond acceptors (Lipinski definition) is 5. The number of imidazole rings is 1. The molecule has 104 valence electrons. The summed E-state index contributed by atoms with van der Waals surface area (Å²) >= 11 is 1.93. The van der Waals surface area contributed by atoms with E-state index in [4.69, 9.17) is 10.3 Å². The number of anilines is 1. The van der Waals surface area contributed by atoms with Gasteiger partial charge in [-0.2, -0.15) is 4.98 Å². The normalized spacial score (nSPS) is 11.3. The van der Waals surface area contributed by atoms with Gasteiger partial charge < -0.3 is 14.8 Å². The summed E-state index contributed by atoms with van der Waals surface area (Å²) in [6.45, 7) is 2.25. The van der Waals surface area contributed by atoms with Crippen LogP contribution >= 0.6 is 22.6 Å². The molecule has 8 heteroatoms. The molecule has 0 radical (unpaired) electrons. The first-order chi connectivity index (χ1) is 9.54. The lowest BCUT2D eigenvalue weighted by molar-refractivity contribution is 0.386. The summed E-state index contributed by atoms with van der Waals surface area (Å²) in [4.78, 5) is 8.36. The molecule has 0 bridgehead atoms. The second kappa shape index (κ2) is 5.00. The van der Waals surface area contributed by atoms with Crippen LogP contribution in [0.4, 0.5) is 10.3 Å². The van der Waals surface area contributed by atoms with Gasteiger partial charge in [0.2, 0.25) is 11.8 Å². The van der Waals surface area contributed by atoms with Crippen molar-refractivity contribution in [3.63, 3.8) is 0 Å². The number of aryl methyl sites for hydroxylation is 3. The average molecular weight is 387 g/mol. The van der Waals surface area contributed by atoms with Gasteiger partial charge in [0.05, 0.1) is 14.6 Å². The summed E-state index contributed by atoms with van der Waals surface area (Å²) in [6.07, 6.45) is 0.542. The Morgan fingerprint density at radius 3 is 2.90 bits per heavy atom. The standard InChI is InChI=1S/C12H11FIN5O/c1-6-16-11(18-20-6)2-3-19-10-4-7(13)8(14)5-9(10)17-12(19)15/h4-5H,2-3H2,1H3,(H2,15,17). The third-order valence-electron chi connectivity index (χ3n) is 2.95. The van der Waals surface area contributed by atoms with E-state index in [2.05, 4.69) is 15.1 Å². The van der Waals surface area contributed by atoms with Crippen molar-refractivity contribution >= 4 is 39.6 Å². The van der Waals surface area contributed by atoms with Gasteiger partial charge in [0.25, 0.3) is 0 Å². The molecule has 3 rings (SSSR count). The van der Waals surface area contributed by atoms with E-state index in [1.807, 2.05) is 22.6 Å². The van der Waals surface area contributed by atoms with E-state index >= 15 is 0 Å². The molecule has 0 saturated heterocycles. The van der Waals surface area contributed by atoms with Crippen LogP contribution in [0.2, 0.25) is 0 Å². The molecule has 20 heavy (non-hydrogen) atoms. The maximum Gasteiger partial charge on any atom is 0.223 e. The van der Waals surface area contributed by atoms with E-state index in [0.717, 1.165) is 0 Å². The molecule has 0 fully saturated rings. The molecule has 3 aromatic rings. The Hall–Kier alpha value is -1.71. The topological polar surface area (TPSA) is 82.8 Å². The fourth-order valence-corrected chi connectivity index (χ4v) is 2.48. The molecule has 2 aromatic heterocycles. The van der Waals surface area contributed by atoms with Crippen molar-refractivity contribution < 1.29 is 8.91 Å². The van der Waals surface area contributed by atoms with Crippen molar-refractivity contribution in [1.29, 1.82) is 0 Å². The number of hydrogen-bond donors (Lipinski definition) is 1. The van der Waals surface area contributed by atoms with Gasteiger partial charge >= 0.3 is 0 Å². The maximum atomic E-state index is 13.7. The molecule has 6 nitrogen and oxygen atoms in total. The molecule has 2 N–H and O–H groups in total. The van der Waals surface area contributed by atoms with Crippen LogP contribution in [-0.2, 0) is 13.0 Å². The van der Waals surface area contributed by atoms with Crippen LogP contribution < -0.4 is 5.73 Å². The van der Waals surface area contributed by atoms with Crippen LogP contribution in [0, 0.1) is 16.3 Å². The van der Waals surface area contributed by atoms with E-state index in [0.29, 0.717) is 45.2 Å². The van der Waals surface area contributed by atoms with Crippen LogP contribution in [0.5, 0.6) is 0 Å². The van der Waals surface area contributed by atoms with E-state index in [1.165, 1.54) is 6.07 Å². The fourth-order valence-electron chi connectivity index (χ4n) is 2.03. The first-order valence-corrected chi connectivity index (χ1v) is 7.02. The minimum absolute atomic E-state index is 0.283.